The predicted molar refractivity (Wildman–Crippen MR) is 94.3 cm³/mol. The van der Waals surface area contributed by atoms with Crippen LogP contribution in [-0.2, 0) is 6.54 Å². The molecule has 0 saturated carbocycles. The Morgan fingerprint density at radius 1 is 1.15 bits per heavy atom. The molecular weight excluding hydrogens is 352 g/mol. The molecule has 0 spiro atoms. The summed E-state index contributed by atoms with van der Waals surface area (Å²) >= 11 is 0. The fourth-order valence-electron chi connectivity index (χ4n) is 3.25. The Morgan fingerprint density at radius 2 is 1.96 bits per heavy atom. The second-order valence-electron chi connectivity index (χ2n) is 6.35. The fraction of sp³-hybridized carbons (Fsp3) is 0.150. The molecule has 1 aromatic carbocycles. The van der Waals surface area contributed by atoms with E-state index < -0.39 is 11.6 Å². The molecule has 3 aromatic heterocycles. The van der Waals surface area contributed by atoms with Crippen molar-refractivity contribution in [3.05, 3.63) is 87.8 Å². The first kappa shape index (κ1) is 17.1. The molecule has 3 heterocycles. The first-order chi connectivity index (χ1) is 13.0. The highest BCUT2D eigenvalue weighted by Gasteiger charge is 2.22. The zero-order valence-electron chi connectivity index (χ0n) is 14.7. The quantitative estimate of drug-likeness (QED) is 0.522. The van der Waals surface area contributed by atoms with Gasteiger partial charge in [0.25, 0.3) is 5.65 Å². The molecule has 4 rings (SSSR count). The summed E-state index contributed by atoms with van der Waals surface area (Å²) < 4.78 is 35.4. The minimum atomic E-state index is -0.906. The fourth-order valence-corrected chi connectivity index (χ4v) is 3.25. The number of aryl methyl sites for hydroxylation is 2. The topological polar surface area (TPSA) is 51.4 Å². The lowest BCUT2D eigenvalue weighted by atomic mass is 10.1. The van der Waals surface area contributed by atoms with Gasteiger partial charge in [0.05, 0.1) is 17.5 Å². The van der Waals surface area contributed by atoms with Gasteiger partial charge in [0, 0.05) is 6.07 Å². The predicted octanol–water partition coefficient (Wildman–Crippen LogP) is 3.19. The van der Waals surface area contributed by atoms with Crippen LogP contribution in [-0.4, -0.2) is 9.56 Å². The van der Waals surface area contributed by atoms with Gasteiger partial charge in [-0.15, -0.1) is 0 Å². The van der Waals surface area contributed by atoms with Crippen LogP contribution in [0.4, 0.5) is 8.78 Å². The number of fused-ring (bicyclic) bond motifs is 1. The third-order valence-electron chi connectivity index (χ3n) is 4.51. The van der Waals surface area contributed by atoms with Gasteiger partial charge in [-0.2, -0.15) is 4.40 Å². The molecule has 0 amide bonds. The van der Waals surface area contributed by atoms with E-state index in [4.69, 9.17) is 4.52 Å². The highest BCUT2D eigenvalue weighted by atomic mass is 19.2. The number of hydrogen-bond donors (Lipinski definition) is 0. The summed E-state index contributed by atoms with van der Waals surface area (Å²) in [6, 6.07) is 9.13. The van der Waals surface area contributed by atoms with Crippen LogP contribution in [0.2, 0.25) is 0 Å². The average Bonchev–Trinajstić information content (AvgIpc) is 2.99. The molecule has 0 atom stereocenters. The largest absolute Gasteiger partial charge is 0.361 e. The normalized spacial score (nSPS) is 11.3. The molecular formula is C20H16F2N3O2+. The van der Waals surface area contributed by atoms with Crippen LogP contribution in [0.3, 0.4) is 0 Å². The van der Waals surface area contributed by atoms with Gasteiger partial charge in [-0.05, 0) is 37.6 Å². The van der Waals surface area contributed by atoms with Gasteiger partial charge < -0.3 is 4.52 Å². The number of nitrogens with zero attached hydrogens (tertiary/aromatic N) is 3. The number of rotatable bonds is 3. The Morgan fingerprint density at radius 3 is 2.67 bits per heavy atom. The summed E-state index contributed by atoms with van der Waals surface area (Å²) in [6.07, 6.45) is 3.37. The summed E-state index contributed by atoms with van der Waals surface area (Å²) in [5.74, 6) is -1.26. The highest BCUT2D eigenvalue weighted by molar-refractivity contribution is 5.66. The smallest absolute Gasteiger partial charge is 0.350 e. The molecule has 136 valence electrons. The lowest BCUT2D eigenvalue weighted by Gasteiger charge is -2.07. The van der Waals surface area contributed by atoms with E-state index in [1.807, 2.05) is 10.6 Å². The van der Waals surface area contributed by atoms with Crippen LogP contribution < -0.4 is 10.1 Å². The highest BCUT2D eigenvalue weighted by Crippen LogP contribution is 2.23. The van der Waals surface area contributed by atoms with Crippen LogP contribution in [0, 0.1) is 25.5 Å². The number of hydrogen-bond acceptors (Lipinski definition) is 3. The van der Waals surface area contributed by atoms with Crippen molar-refractivity contribution in [2.45, 2.75) is 20.4 Å². The average molecular weight is 368 g/mol. The van der Waals surface area contributed by atoms with Crippen LogP contribution in [0.15, 0.2) is 58.1 Å². The minimum absolute atomic E-state index is 0.207. The number of aromatic nitrogens is 3. The van der Waals surface area contributed by atoms with Gasteiger partial charge >= 0.3 is 5.56 Å². The Balaban J connectivity index is 1.95. The number of benzene rings is 1. The molecule has 0 aliphatic rings. The van der Waals surface area contributed by atoms with Crippen molar-refractivity contribution in [1.82, 2.24) is 9.56 Å². The summed E-state index contributed by atoms with van der Waals surface area (Å²) in [5.41, 5.74) is 2.67. The summed E-state index contributed by atoms with van der Waals surface area (Å²) in [4.78, 5) is 13.0. The Labute approximate surface area is 153 Å². The first-order valence-electron chi connectivity index (χ1n) is 8.36. The van der Waals surface area contributed by atoms with Gasteiger partial charge in [0.2, 0.25) is 0 Å². The van der Waals surface area contributed by atoms with E-state index in [-0.39, 0.29) is 12.1 Å². The second kappa shape index (κ2) is 6.42. The Hall–Kier alpha value is -3.35. The first-order valence-corrected chi connectivity index (χ1v) is 8.36. The standard InChI is InChI=1S/C20H16F2N3O2/c1-12-19(13(2)27-23-12)15-11-24(10-14-6-7-16(21)17(22)9-14)18-5-3-4-8-25(18)20(15)26/h3-9,11H,10H2,1-2H3/q+1. The van der Waals surface area contributed by atoms with E-state index in [0.717, 1.165) is 12.1 Å². The monoisotopic (exact) mass is 368 g/mol. The second-order valence-corrected chi connectivity index (χ2v) is 6.35. The molecule has 0 bridgehead atoms. The molecule has 0 N–H and O–H groups in total. The summed E-state index contributed by atoms with van der Waals surface area (Å²) in [5, 5.41) is 3.93. The van der Waals surface area contributed by atoms with Crippen LogP contribution in [0.25, 0.3) is 16.8 Å². The van der Waals surface area contributed by atoms with Crippen molar-refractivity contribution in [2.24, 2.45) is 0 Å². The van der Waals surface area contributed by atoms with Crippen molar-refractivity contribution in [3.8, 4) is 11.1 Å². The lowest BCUT2D eigenvalue weighted by Crippen LogP contribution is -2.40. The van der Waals surface area contributed by atoms with Crippen molar-refractivity contribution in [3.63, 3.8) is 0 Å². The third-order valence-corrected chi connectivity index (χ3v) is 4.51. The Bertz CT molecular complexity index is 1210. The molecule has 4 aromatic rings. The molecule has 0 fully saturated rings. The van der Waals surface area contributed by atoms with Crippen molar-refractivity contribution in [2.75, 3.05) is 0 Å². The van der Waals surface area contributed by atoms with Crippen LogP contribution in [0.1, 0.15) is 17.0 Å². The number of halogens is 2. The lowest BCUT2D eigenvalue weighted by molar-refractivity contribution is -0.665. The third kappa shape index (κ3) is 2.91. The van der Waals surface area contributed by atoms with Crippen LogP contribution >= 0.6 is 0 Å². The van der Waals surface area contributed by atoms with E-state index in [1.165, 1.54) is 10.5 Å². The van der Waals surface area contributed by atoms with E-state index in [2.05, 4.69) is 5.16 Å². The summed E-state index contributed by atoms with van der Waals surface area (Å²) in [6.45, 7) is 3.78. The van der Waals surface area contributed by atoms with Crippen molar-refractivity contribution < 1.29 is 17.9 Å². The zero-order chi connectivity index (χ0) is 19.1. The Kier molecular flexibility index (Phi) is 4.07. The molecule has 0 unspecified atom stereocenters. The molecule has 7 heteroatoms. The van der Waals surface area contributed by atoms with Gasteiger partial charge in [0.1, 0.15) is 24.1 Å². The molecule has 0 aliphatic heterocycles. The molecule has 5 nitrogen and oxygen atoms in total. The van der Waals surface area contributed by atoms with E-state index in [9.17, 15) is 13.6 Å². The number of pyridine rings is 1. The van der Waals surface area contributed by atoms with E-state index >= 15 is 0 Å². The van der Waals surface area contributed by atoms with Gasteiger partial charge in [-0.25, -0.2) is 18.1 Å². The maximum atomic E-state index is 13.6. The van der Waals surface area contributed by atoms with Crippen LogP contribution in [0.5, 0.6) is 0 Å². The molecule has 27 heavy (non-hydrogen) atoms. The minimum Gasteiger partial charge on any atom is -0.361 e. The molecule has 0 radical (unpaired) electrons. The van der Waals surface area contributed by atoms with E-state index in [1.54, 1.807) is 38.4 Å². The van der Waals surface area contributed by atoms with Crippen molar-refractivity contribution in [1.29, 1.82) is 0 Å². The van der Waals surface area contributed by atoms with Gasteiger partial charge in [-0.3, -0.25) is 0 Å². The SMILES string of the molecule is Cc1noc(C)c1-c1c[n+](Cc2ccc(F)c(F)c2)c2ccccn2c1=O. The summed E-state index contributed by atoms with van der Waals surface area (Å²) in [7, 11) is 0. The molecule has 0 aliphatic carbocycles. The zero-order valence-corrected chi connectivity index (χ0v) is 14.7. The maximum Gasteiger partial charge on any atom is 0.350 e. The van der Waals surface area contributed by atoms with E-state index in [0.29, 0.717) is 33.8 Å². The molecule has 0 saturated heterocycles. The van der Waals surface area contributed by atoms with Gasteiger partial charge in [-0.1, -0.05) is 17.3 Å². The maximum absolute atomic E-state index is 13.6. The van der Waals surface area contributed by atoms with Gasteiger partial charge in [0.15, 0.2) is 11.6 Å². The van der Waals surface area contributed by atoms with Crippen molar-refractivity contribution >= 4 is 5.65 Å².